The number of hydrogen-bond acceptors (Lipinski definition) is 3. The fraction of sp³-hybridized carbons (Fsp3) is 0.444. The number of nitrogens with zero attached hydrogens (tertiary/aromatic N) is 2. The molecule has 2 rings (SSSR count). The van der Waals surface area contributed by atoms with Crippen molar-refractivity contribution >= 4 is 5.82 Å². The molecule has 0 spiro atoms. The van der Waals surface area contributed by atoms with E-state index in [0.717, 1.165) is 22.9 Å². The van der Waals surface area contributed by atoms with E-state index in [9.17, 15) is 0 Å². The number of aryl methyl sites for hydroxylation is 2. The van der Waals surface area contributed by atoms with E-state index in [1.54, 1.807) is 0 Å². The minimum Gasteiger partial charge on any atom is -0.373 e. The molecule has 3 heteroatoms. The van der Waals surface area contributed by atoms with Gasteiger partial charge in [0.05, 0.1) is 5.69 Å². The number of benzene rings is 1. The van der Waals surface area contributed by atoms with E-state index in [1.165, 1.54) is 16.7 Å². The van der Waals surface area contributed by atoms with E-state index < -0.39 is 0 Å². The van der Waals surface area contributed by atoms with Gasteiger partial charge in [-0.1, -0.05) is 44.5 Å². The molecule has 0 bridgehead atoms. The maximum atomic E-state index is 4.86. The Kier molecular flexibility index (Phi) is 4.04. The Balaban J connectivity index is 2.72. The highest BCUT2D eigenvalue weighted by Crippen LogP contribution is 2.31. The normalized spacial score (nSPS) is 11.6. The number of hydrogen-bond donors (Lipinski definition) is 1. The zero-order valence-corrected chi connectivity index (χ0v) is 14.1. The quantitative estimate of drug-likeness (QED) is 0.887. The number of aromatic nitrogens is 2. The molecule has 1 aromatic heterocycles. The Morgan fingerprint density at radius 2 is 1.67 bits per heavy atom. The summed E-state index contributed by atoms with van der Waals surface area (Å²) in [6, 6.07) is 6.50. The lowest BCUT2D eigenvalue weighted by molar-refractivity contribution is 0.546. The molecule has 0 aliphatic carbocycles. The zero-order chi connectivity index (χ0) is 15.8. The minimum atomic E-state index is -0.0767. The molecule has 0 aliphatic rings. The van der Waals surface area contributed by atoms with Crippen LogP contribution in [-0.4, -0.2) is 17.0 Å². The summed E-state index contributed by atoms with van der Waals surface area (Å²) in [5.41, 5.74) is 5.75. The van der Waals surface area contributed by atoms with Gasteiger partial charge >= 0.3 is 0 Å². The van der Waals surface area contributed by atoms with Gasteiger partial charge in [0.25, 0.3) is 0 Å². The third-order valence-electron chi connectivity index (χ3n) is 3.69. The first-order valence-corrected chi connectivity index (χ1v) is 7.38. The smallest absolute Gasteiger partial charge is 0.136 e. The van der Waals surface area contributed by atoms with Crippen LogP contribution in [0.3, 0.4) is 0 Å². The van der Waals surface area contributed by atoms with Gasteiger partial charge in [0, 0.05) is 23.6 Å². The first-order chi connectivity index (χ1) is 9.74. The second-order valence-electron chi connectivity index (χ2n) is 6.69. The summed E-state index contributed by atoms with van der Waals surface area (Å²) in [6.45, 7) is 12.8. The van der Waals surface area contributed by atoms with Crippen molar-refractivity contribution in [3.63, 3.8) is 0 Å². The summed E-state index contributed by atoms with van der Waals surface area (Å²) in [5, 5.41) is 3.20. The highest BCUT2D eigenvalue weighted by Gasteiger charge is 2.21. The van der Waals surface area contributed by atoms with Gasteiger partial charge in [-0.05, 0) is 26.3 Å². The van der Waals surface area contributed by atoms with Gasteiger partial charge in [-0.25, -0.2) is 9.97 Å². The van der Waals surface area contributed by atoms with Gasteiger partial charge in [0.2, 0.25) is 0 Å². The summed E-state index contributed by atoms with van der Waals surface area (Å²) in [6.07, 6.45) is 0. The third kappa shape index (κ3) is 3.07. The Morgan fingerprint density at radius 1 is 1.00 bits per heavy atom. The highest BCUT2D eigenvalue weighted by atomic mass is 15.0. The van der Waals surface area contributed by atoms with Crippen LogP contribution in [0.5, 0.6) is 0 Å². The molecule has 2 aromatic rings. The number of rotatable bonds is 2. The minimum absolute atomic E-state index is 0.0767. The lowest BCUT2D eigenvalue weighted by Gasteiger charge is -2.21. The van der Waals surface area contributed by atoms with Crippen molar-refractivity contribution in [3.8, 4) is 11.3 Å². The maximum Gasteiger partial charge on any atom is 0.136 e. The van der Waals surface area contributed by atoms with Crippen LogP contribution >= 0.6 is 0 Å². The van der Waals surface area contributed by atoms with Crippen molar-refractivity contribution in [1.29, 1.82) is 0 Å². The molecule has 0 atom stereocenters. The second-order valence-corrected chi connectivity index (χ2v) is 6.69. The van der Waals surface area contributed by atoms with Gasteiger partial charge in [-0.15, -0.1) is 0 Å². The largest absolute Gasteiger partial charge is 0.373 e. The molecular formula is C18H25N3. The molecule has 0 aliphatic heterocycles. The van der Waals surface area contributed by atoms with E-state index in [2.05, 4.69) is 70.0 Å². The Morgan fingerprint density at radius 3 is 2.19 bits per heavy atom. The lowest BCUT2D eigenvalue weighted by atomic mass is 9.94. The first kappa shape index (κ1) is 15.5. The maximum absolute atomic E-state index is 4.86. The molecule has 0 saturated heterocycles. The van der Waals surface area contributed by atoms with Crippen molar-refractivity contribution in [1.82, 2.24) is 9.97 Å². The molecule has 3 nitrogen and oxygen atoms in total. The van der Waals surface area contributed by atoms with Crippen molar-refractivity contribution < 1.29 is 0 Å². The molecule has 0 fully saturated rings. The molecule has 0 saturated carbocycles. The fourth-order valence-electron chi connectivity index (χ4n) is 2.44. The molecule has 1 aromatic carbocycles. The molecule has 0 amide bonds. The number of anilines is 1. The lowest BCUT2D eigenvalue weighted by Crippen LogP contribution is -2.18. The topological polar surface area (TPSA) is 37.8 Å². The van der Waals surface area contributed by atoms with Gasteiger partial charge in [-0.3, -0.25) is 0 Å². The molecule has 0 radical (unpaired) electrons. The van der Waals surface area contributed by atoms with Crippen LogP contribution in [-0.2, 0) is 5.41 Å². The molecule has 1 heterocycles. The van der Waals surface area contributed by atoms with Crippen molar-refractivity contribution in [2.45, 2.75) is 47.0 Å². The molecule has 0 unspecified atom stereocenters. The standard InChI is InChI=1S/C18H25N3/c1-11-8-9-14(12(2)10-11)15-13(3)16(19-7)21-17(20-15)18(4,5)6/h8-10H,1-7H3,(H,19,20,21). The van der Waals surface area contributed by atoms with Crippen LogP contribution in [0, 0.1) is 20.8 Å². The van der Waals surface area contributed by atoms with Gasteiger partial charge in [-0.2, -0.15) is 0 Å². The predicted octanol–water partition coefficient (Wildman–Crippen LogP) is 4.41. The Labute approximate surface area is 127 Å². The summed E-state index contributed by atoms with van der Waals surface area (Å²) in [4.78, 5) is 9.53. The number of nitrogens with one attached hydrogen (secondary N) is 1. The average molecular weight is 283 g/mol. The molecular weight excluding hydrogens is 258 g/mol. The van der Waals surface area contributed by atoms with E-state index in [4.69, 9.17) is 4.98 Å². The second kappa shape index (κ2) is 5.47. The van der Waals surface area contributed by atoms with Crippen molar-refractivity contribution in [2.75, 3.05) is 12.4 Å². The monoisotopic (exact) mass is 283 g/mol. The van der Waals surface area contributed by atoms with E-state index >= 15 is 0 Å². The summed E-state index contributed by atoms with van der Waals surface area (Å²) < 4.78 is 0. The SMILES string of the molecule is CNc1nc(C(C)(C)C)nc(-c2ccc(C)cc2C)c1C. The fourth-order valence-corrected chi connectivity index (χ4v) is 2.44. The van der Waals surface area contributed by atoms with E-state index in [0.29, 0.717) is 0 Å². The van der Waals surface area contributed by atoms with Gasteiger partial charge in [0.15, 0.2) is 0 Å². The third-order valence-corrected chi connectivity index (χ3v) is 3.69. The Bertz CT molecular complexity index is 667. The summed E-state index contributed by atoms with van der Waals surface area (Å²) in [5.74, 6) is 1.78. The van der Waals surface area contributed by atoms with E-state index in [-0.39, 0.29) is 5.41 Å². The van der Waals surface area contributed by atoms with Crippen LogP contribution < -0.4 is 5.32 Å². The van der Waals surface area contributed by atoms with E-state index in [1.807, 2.05) is 7.05 Å². The van der Waals surface area contributed by atoms with Gasteiger partial charge in [0.1, 0.15) is 11.6 Å². The molecule has 1 N–H and O–H groups in total. The van der Waals surface area contributed by atoms with Crippen LogP contribution in [0.4, 0.5) is 5.82 Å². The first-order valence-electron chi connectivity index (χ1n) is 7.38. The average Bonchev–Trinajstić information content (AvgIpc) is 2.38. The van der Waals surface area contributed by atoms with Crippen molar-refractivity contribution in [3.05, 3.63) is 40.7 Å². The predicted molar refractivity (Wildman–Crippen MR) is 89.9 cm³/mol. The highest BCUT2D eigenvalue weighted by molar-refractivity contribution is 5.71. The van der Waals surface area contributed by atoms with Crippen LogP contribution in [0.1, 0.15) is 43.3 Å². The van der Waals surface area contributed by atoms with Crippen LogP contribution in [0.2, 0.25) is 0 Å². The summed E-state index contributed by atoms with van der Waals surface area (Å²) in [7, 11) is 1.91. The molecule has 112 valence electrons. The molecule has 21 heavy (non-hydrogen) atoms. The van der Waals surface area contributed by atoms with Crippen LogP contribution in [0.15, 0.2) is 18.2 Å². The Hall–Kier alpha value is -1.90. The summed E-state index contributed by atoms with van der Waals surface area (Å²) >= 11 is 0. The van der Waals surface area contributed by atoms with Crippen molar-refractivity contribution in [2.24, 2.45) is 0 Å². The van der Waals surface area contributed by atoms with Crippen LogP contribution in [0.25, 0.3) is 11.3 Å². The zero-order valence-electron chi connectivity index (χ0n) is 14.1. The van der Waals surface area contributed by atoms with Gasteiger partial charge < -0.3 is 5.32 Å².